The quantitative estimate of drug-likeness (QED) is 0.278. The molecule has 1 heterocycles. The molecule has 136 valence electrons. The van der Waals surface area contributed by atoms with Crippen LogP contribution < -0.4 is 10.6 Å². The highest BCUT2D eigenvalue weighted by atomic mass is 16.5. The fraction of sp³-hybridized carbons (Fsp3) is 0.647. The molecule has 0 unspecified atom stereocenters. The molecule has 0 atom stereocenters. The Hall–Kier alpha value is -2.02. The smallest absolute Gasteiger partial charge is 0.307 e. The van der Waals surface area contributed by atoms with Crippen molar-refractivity contribution < 1.29 is 18.7 Å². The average molecular weight is 339 g/mol. The minimum absolute atomic E-state index is 0.0828. The van der Waals surface area contributed by atoms with Gasteiger partial charge in [0, 0.05) is 26.2 Å². The van der Waals surface area contributed by atoms with Crippen molar-refractivity contribution in [2.45, 2.75) is 46.3 Å². The van der Waals surface area contributed by atoms with Crippen LogP contribution in [0, 0.1) is 0 Å². The minimum Gasteiger partial charge on any atom is -0.467 e. The predicted octanol–water partition coefficient (Wildman–Crippen LogP) is 2.08. The maximum absolute atomic E-state index is 11.5. The van der Waals surface area contributed by atoms with Crippen molar-refractivity contribution in [2.24, 2.45) is 4.99 Å². The molecule has 0 bridgehead atoms. The normalized spacial score (nSPS) is 11.6. The van der Waals surface area contributed by atoms with Crippen LogP contribution in [-0.2, 0) is 20.9 Å². The first-order valence-corrected chi connectivity index (χ1v) is 8.43. The zero-order valence-corrected chi connectivity index (χ0v) is 14.8. The van der Waals surface area contributed by atoms with E-state index in [1.54, 1.807) is 6.26 Å². The molecule has 7 heteroatoms. The fourth-order valence-electron chi connectivity index (χ4n) is 1.87. The lowest BCUT2D eigenvalue weighted by atomic mass is 10.4. The van der Waals surface area contributed by atoms with Crippen LogP contribution in [0.25, 0.3) is 0 Å². The molecule has 1 aromatic rings. The number of aliphatic imine (C=N–C) groups is 1. The van der Waals surface area contributed by atoms with Gasteiger partial charge in [0.05, 0.1) is 18.8 Å². The third-order valence-corrected chi connectivity index (χ3v) is 2.87. The molecule has 0 aromatic carbocycles. The number of ether oxygens (including phenoxy) is 2. The van der Waals surface area contributed by atoms with Crippen LogP contribution in [0.3, 0.4) is 0 Å². The summed E-state index contributed by atoms with van der Waals surface area (Å²) in [7, 11) is 0. The van der Waals surface area contributed by atoms with Crippen molar-refractivity contribution in [3.8, 4) is 0 Å². The molecule has 0 aliphatic carbocycles. The zero-order valence-electron chi connectivity index (χ0n) is 14.8. The topological polar surface area (TPSA) is 85.1 Å². The van der Waals surface area contributed by atoms with E-state index in [1.807, 2.05) is 32.9 Å². The predicted molar refractivity (Wildman–Crippen MR) is 92.8 cm³/mol. The number of carbonyl (C=O) groups excluding carboxylic acids is 1. The Morgan fingerprint density at radius 3 is 2.88 bits per heavy atom. The third-order valence-electron chi connectivity index (χ3n) is 2.87. The van der Waals surface area contributed by atoms with Crippen LogP contribution in [0.15, 0.2) is 27.8 Å². The molecule has 0 fully saturated rings. The molecule has 1 rings (SSSR count). The summed E-state index contributed by atoms with van der Waals surface area (Å²) in [6.45, 7) is 8.66. The van der Waals surface area contributed by atoms with E-state index in [0.717, 1.165) is 18.7 Å². The minimum atomic E-state index is -0.209. The van der Waals surface area contributed by atoms with E-state index in [2.05, 4.69) is 15.6 Å². The summed E-state index contributed by atoms with van der Waals surface area (Å²) < 4.78 is 15.8. The van der Waals surface area contributed by atoms with Gasteiger partial charge in [0.1, 0.15) is 12.4 Å². The maximum Gasteiger partial charge on any atom is 0.307 e. The fourth-order valence-corrected chi connectivity index (χ4v) is 1.87. The number of hydrogen-bond acceptors (Lipinski definition) is 5. The van der Waals surface area contributed by atoms with Gasteiger partial charge in [-0.05, 0) is 39.3 Å². The molecule has 24 heavy (non-hydrogen) atoms. The van der Waals surface area contributed by atoms with Crippen LogP contribution in [0.2, 0.25) is 0 Å². The van der Waals surface area contributed by atoms with Crippen LogP contribution in [-0.4, -0.2) is 44.3 Å². The Bertz CT molecular complexity index is 472. The van der Waals surface area contributed by atoms with Gasteiger partial charge in [0.15, 0.2) is 5.96 Å². The highest BCUT2D eigenvalue weighted by molar-refractivity contribution is 5.80. The van der Waals surface area contributed by atoms with E-state index in [9.17, 15) is 4.79 Å². The van der Waals surface area contributed by atoms with Gasteiger partial charge in [-0.3, -0.25) is 9.79 Å². The number of nitrogens with one attached hydrogen (secondary N) is 2. The monoisotopic (exact) mass is 339 g/mol. The highest BCUT2D eigenvalue weighted by Crippen LogP contribution is 2.01. The zero-order chi connectivity index (χ0) is 17.6. The van der Waals surface area contributed by atoms with Crippen molar-refractivity contribution in [1.29, 1.82) is 0 Å². The largest absolute Gasteiger partial charge is 0.467 e. The Morgan fingerprint density at radius 2 is 2.21 bits per heavy atom. The Morgan fingerprint density at radius 1 is 1.38 bits per heavy atom. The number of nitrogens with zero attached hydrogens (tertiary/aromatic N) is 1. The number of carbonyl (C=O) groups is 1. The van der Waals surface area contributed by atoms with Crippen molar-refractivity contribution in [3.63, 3.8) is 0 Å². The summed E-state index contributed by atoms with van der Waals surface area (Å²) >= 11 is 0. The van der Waals surface area contributed by atoms with Crippen molar-refractivity contribution >= 4 is 11.9 Å². The second-order valence-electron chi connectivity index (χ2n) is 5.46. The Kier molecular flexibility index (Phi) is 10.4. The van der Waals surface area contributed by atoms with E-state index >= 15 is 0 Å². The lowest BCUT2D eigenvalue weighted by Crippen LogP contribution is -2.38. The molecule has 0 saturated heterocycles. The van der Waals surface area contributed by atoms with Crippen molar-refractivity contribution in [2.75, 3.05) is 26.2 Å². The summed E-state index contributed by atoms with van der Waals surface area (Å²) in [4.78, 5) is 15.9. The van der Waals surface area contributed by atoms with Gasteiger partial charge in [0.25, 0.3) is 0 Å². The number of hydrogen-bond donors (Lipinski definition) is 2. The van der Waals surface area contributed by atoms with Gasteiger partial charge in [-0.15, -0.1) is 0 Å². The third kappa shape index (κ3) is 9.89. The molecule has 7 nitrogen and oxygen atoms in total. The van der Waals surface area contributed by atoms with Crippen LogP contribution in [0.5, 0.6) is 0 Å². The van der Waals surface area contributed by atoms with Gasteiger partial charge >= 0.3 is 5.97 Å². The summed E-state index contributed by atoms with van der Waals surface area (Å²) in [5.74, 6) is 1.31. The highest BCUT2D eigenvalue weighted by Gasteiger charge is 2.05. The van der Waals surface area contributed by atoms with Crippen molar-refractivity contribution in [3.05, 3.63) is 24.2 Å². The van der Waals surface area contributed by atoms with E-state index in [0.29, 0.717) is 38.7 Å². The second kappa shape index (κ2) is 12.4. The van der Waals surface area contributed by atoms with Crippen LogP contribution in [0.1, 0.15) is 39.4 Å². The van der Waals surface area contributed by atoms with Gasteiger partial charge in [-0.1, -0.05) is 0 Å². The average Bonchev–Trinajstić information content (AvgIpc) is 3.03. The summed E-state index contributed by atoms with van der Waals surface area (Å²) in [6, 6.07) is 3.73. The van der Waals surface area contributed by atoms with Crippen molar-refractivity contribution in [1.82, 2.24) is 10.6 Å². The molecule has 0 aliphatic heterocycles. The summed E-state index contributed by atoms with van der Waals surface area (Å²) in [5, 5.41) is 6.26. The first-order valence-electron chi connectivity index (χ1n) is 8.43. The van der Waals surface area contributed by atoms with Crippen LogP contribution in [0.4, 0.5) is 0 Å². The summed E-state index contributed by atoms with van der Waals surface area (Å²) in [6.07, 6.45) is 2.68. The second-order valence-corrected chi connectivity index (χ2v) is 5.46. The number of esters is 1. The molecule has 0 spiro atoms. The molecule has 0 radical (unpaired) electrons. The molecule has 0 aliphatic rings. The molecular weight excluding hydrogens is 310 g/mol. The van der Waals surface area contributed by atoms with E-state index in [1.165, 1.54) is 0 Å². The number of rotatable bonds is 11. The lowest BCUT2D eigenvalue weighted by Gasteiger charge is -2.12. The van der Waals surface area contributed by atoms with Crippen LogP contribution >= 0.6 is 0 Å². The van der Waals surface area contributed by atoms with Gasteiger partial charge < -0.3 is 24.5 Å². The van der Waals surface area contributed by atoms with Gasteiger partial charge in [-0.2, -0.15) is 0 Å². The maximum atomic E-state index is 11.5. The standard InChI is InChI=1S/C17H29N3O4/c1-4-18-17(20-10-8-16(21)24-14(2)3)19-9-6-11-22-13-15-7-5-12-23-15/h5,7,12,14H,4,6,8-11,13H2,1-3H3,(H2,18,19,20). The summed E-state index contributed by atoms with van der Waals surface area (Å²) in [5.41, 5.74) is 0. The molecule has 2 N–H and O–H groups in total. The van der Waals surface area contributed by atoms with E-state index < -0.39 is 0 Å². The Labute approximate surface area is 143 Å². The number of guanidine groups is 1. The first-order chi connectivity index (χ1) is 11.6. The van der Waals surface area contributed by atoms with E-state index in [-0.39, 0.29) is 12.1 Å². The first kappa shape index (κ1) is 20.0. The Balaban J connectivity index is 2.15. The molecule has 0 amide bonds. The van der Waals surface area contributed by atoms with E-state index in [4.69, 9.17) is 13.9 Å². The lowest BCUT2D eigenvalue weighted by molar-refractivity contribution is -0.147. The molecular formula is C17H29N3O4. The van der Waals surface area contributed by atoms with Gasteiger partial charge in [-0.25, -0.2) is 0 Å². The SMILES string of the molecule is CCNC(=NCCCOCc1ccco1)NCCC(=O)OC(C)C. The van der Waals surface area contributed by atoms with Gasteiger partial charge in [0.2, 0.25) is 0 Å². The molecule has 1 aromatic heterocycles. The molecule has 0 saturated carbocycles. The number of furan rings is 1.